The van der Waals surface area contributed by atoms with Crippen molar-refractivity contribution in [3.05, 3.63) is 48.2 Å². The van der Waals surface area contributed by atoms with Gasteiger partial charge in [0.05, 0.1) is 23.9 Å². The summed E-state index contributed by atoms with van der Waals surface area (Å²) in [5.74, 6) is 0.717. The molecule has 0 atom stereocenters. The van der Waals surface area contributed by atoms with E-state index in [1.807, 2.05) is 36.4 Å². The van der Waals surface area contributed by atoms with Crippen LogP contribution >= 0.6 is 0 Å². The van der Waals surface area contributed by atoms with E-state index in [1.54, 1.807) is 13.3 Å². The molecule has 7 nitrogen and oxygen atoms in total. The van der Waals surface area contributed by atoms with Crippen molar-refractivity contribution in [3.63, 3.8) is 0 Å². The van der Waals surface area contributed by atoms with Crippen molar-refractivity contribution < 1.29 is 4.74 Å². The van der Waals surface area contributed by atoms with Gasteiger partial charge in [-0.25, -0.2) is 0 Å². The first-order valence-corrected chi connectivity index (χ1v) is 7.23. The molecule has 24 heavy (non-hydrogen) atoms. The van der Waals surface area contributed by atoms with E-state index < -0.39 is 0 Å². The van der Waals surface area contributed by atoms with Crippen molar-refractivity contribution in [3.8, 4) is 11.8 Å². The van der Waals surface area contributed by atoms with Crippen LogP contribution in [0, 0.1) is 11.3 Å². The molecule has 0 aliphatic rings. The van der Waals surface area contributed by atoms with Gasteiger partial charge in [-0.15, -0.1) is 0 Å². The fourth-order valence-electron chi connectivity index (χ4n) is 2.58. The average molecular weight is 316 g/mol. The van der Waals surface area contributed by atoms with Crippen LogP contribution in [-0.2, 0) is 0 Å². The highest BCUT2D eigenvalue weighted by molar-refractivity contribution is 5.96. The van der Waals surface area contributed by atoms with Gasteiger partial charge in [-0.05, 0) is 30.3 Å². The molecule has 116 valence electrons. The van der Waals surface area contributed by atoms with Gasteiger partial charge >= 0.3 is 0 Å². The summed E-state index contributed by atoms with van der Waals surface area (Å²) >= 11 is 0. The summed E-state index contributed by atoms with van der Waals surface area (Å²) in [5, 5.41) is 24.3. The standard InChI is InChI=1S/C17H12N6O/c1-24-12-3-4-13-15(7-12)19-9-10(8-18)17(13)20-11-2-5-14-16(6-11)22-23-21-14/h2-7,9H,1H3,(H,19,20)(H,21,22,23). The van der Waals surface area contributed by atoms with Crippen molar-refractivity contribution in [2.24, 2.45) is 0 Å². The lowest BCUT2D eigenvalue weighted by atomic mass is 10.1. The molecule has 2 heterocycles. The highest BCUT2D eigenvalue weighted by Gasteiger charge is 2.11. The second-order valence-corrected chi connectivity index (χ2v) is 5.19. The third-order valence-corrected chi connectivity index (χ3v) is 3.78. The number of nitrogens with one attached hydrogen (secondary N) is 2. The smallest absolute Gasteiger partial charge is 0.121 e. The number of anilines is 2. The summed E-state index contributed by atoms with van der Waals surface area (Å²) < 4.78 is 5.23. The Kier molecular flexibility index (Phi) is 3.21. The van der Waals surface area contributed by atoms with Crippen molar-refractivity contribution in [1.82, 2.24) is 20.4 Å². The van der Waals surface area contributed by atoms with Gasteiger partial charge in [0, 0.05) is 23.3 Å². The number of rotatable bonds is 3. The van der Waals surface area contributed by atoms with Crippen LogP contribution in [0.4, 0.5) is 11.4 Å². The number of pyridine rings is 1. The first-order valence-electron chi connectivity index (χ1n) is 7.23. The number of nitriles is 1. The molecule has 0 saturated heterocycles. The molecular formula is C17H12N6O. The molecule has 0 aliphatic heterocycles. The Hall–Kier alpha value is -3.66. The Morgan fingerprint density at radius 1 is 1.08 bits per heavy atom. The van der Waals surface area contributed by atoms with Crippen LogP contribution in [0.1, 0.15) is 5.56 Å². The second kappa shape index (κ2) is 5.52. The van der Waals surface area contributed by atoms with Gasteiger partial charge in [-0.2, -0.15) is 20.7 Å². The molecule has 2 aromatic carbocycles. The minimum Gasteiger partial charge on any atom is -0.497 e. The van der Waals surface area contributed by atoms with Gasteiger partial charge in [-0.3, -0.25) is 4.98 Å². The Morgan fingerprint density at radius 2 is 1.96 bits per heavy atom. The van der Waals surface area contributed by atoms with Gasteiger partial charge in [-0.1, -0.05) is 0 Å². The molecule has 0 saturated carbocycles. The monoisotopic (exact) mass is 316 g/mol. The van der Waals surface area contributed by atoms with Gasteiger partial charge in [0.1, 0.15) is 22.9 Å². The average Bonchev–Trinajstić information content (AvgIpc) is 3.09. The summed E-state index contributed by atoms with van der Waals surface area (Å²) in [7, 11) is 1.61. The lowest BCUT2D eigenvalue weighted by Crippen LogP contribution is -1.97. The number of nitrogens with zero attached hydrogens (tertiary/aromatic N) is 4. The molecule has 4 aromatic rings. The van der Waals surface area contributed by atoms with Crippen LogP contribution < -0.4 is 10.1 Å². The number of hydrogen-bond acceptors (Lipinski definition) is 6. The number of fused-ring (bicyclic) bond motifs is 2. The SMILES string of the molecule is COc1ccc2c(Nc3ccc4n[nH]nc4c3)c(C#N)cnc2c1. The molecule has 4 rings (SSSR count). The van der Waals surface area contributed by atoms with Crippen molar-refractivity contribution in [1.29, 1.82) is 5.26 Å². The zero-order valence-corrected chi connectivity index (χ0v) is 12.7. The van der Waals surface area contributed by atoms with E-state index >= 15 is 0 Å². The van der Waals surface area contributed by atoms with Crippen molar-refractivity contribution >= 4 is 33.3 Å². The van der Waals surface area contributed by atoms with E-state index in [1.165, 1.54) is 0 Å². The molecule has 7 heteroatoms. The highest BCUT2D eigenvalue weighted by Crippen LogP contribution is 2.31. The topological polar surface area (TPSA) is 99.5 Å². The fourth-order valence-corrected chi connectivity index (χ4v) is 2.58. The molecule has 0 aliphatic carbocycles. The third kappa shape index (κ3) is 2.27. The summed E-state index contributed by atoms with van der Waals surface area (Å²) in [6.07, 6.45) is 1.55. The van der Waals surface area contributed by atoms with E-state index in [0.717, 1.165) is 33.4 Å². The summed E-state index contributed by atoms with van der Waals surface area (Å²) in [6, 6.07) is 13.4. The first kappa shape index (κ1) is 14.0. The Bertz CT molecular complexity index is 1100. The molecule has 0 bridgehead atoms. The van der Waals surface area contributed by atoms with Crippen LogP contribution in [0.3, 0.4) is 0 Å². The van der Waals surface area contributed by atoms with Crippen molar-refractivity contribution in [2.45, 2.75) is 0 Å². The zero-order valence-electron chi connectivity index (χ0n) is 12.7. The van der Waals surface area contributed by atoms with Crippen LogP contribution in [0.25, 0.3) is 21.9 Å². The maximum atomic E-state index is 9.41. The molecule has 0 radical (unpaired) electrons. The van der Waals surface area contributed by atoms with Gasteiger partial charge in [0.25, 0.3) is 0 Å². The predicted molar refractivity (Wildman–Crippen MR) is 90.2 cm³/mol. The number of H-pyrrole nitrogens is 1. The maximum Gasteiger partial charge on any atom is 0.121 e. The minimum absolute atomic E-state index is 0.466. The number of methoxy groups -OCH3 is 1. The van der Waals surface area contributed by atoms with E-state index in [0.29, 0.717) is 11.3 Å². The minimum atomic E-state index is 0.466. The number of aromatic amines is 1. The molecule has 0 unspecified atom stereocenters. The molecule has 2 aromatic heterocycles. The number of hydrogen-bond donors (Lipinski definition) is 2. The fraction of sp³-hybridized carbons (Fsp3) is 0.0588. The van der Waals surface area contributed by atoms with E-state index in [-0.39, 0.29) is 0 Å². The lowest BCUT2D eigenvalue weighted by Gasteiger charge is -2.12. The van der Waals surface area contributed by atoms with Crippen LogP contribution in [-0.4, -0.2) is 27.5 Å². The predicted octanol–water partition coefficient (Wildman–Crippen LogP) is 3.13. The molecular weight excluding hydrogens is 304 g/mol. The van der Waals surface area contributed by atoms with Gasteiger partial charge in [0.15, 0.2) is 0 Å². The van der Waals surface area contributed by atoms with Crippen LogP contribution in [0.2, 0.25) is 0 Å². The van der Waals surface area contributed by atoms with E-state index in [2.05, 4.69) is 31.8 Å². The lowest BCUT2D eigenvalue weighted by molar-refractivity contribution is 0.415. The Morgan fingerprint density at radius 3 is 2.79 bits per heavy atom. The summed E-state index contributed by atoms with van der Waals surface area (Å²) in [4.78, 5) is 4.33. The Labute approximate surface area is 136 Å². The molecule has 0 fully saturated rings. The molecule has 2 N–H and O–H groups in total. The molecule has 0 spiro atoms. The van der Waals surface area contributed by atoms with Crippen LogP contribution in [0.15, 0.2) is 42.6 Å². The van der Waals surface area contributed by atoms with Crippen LogP contribution in [0.5, 0.6) is 5.75 Å². The first-order chi connectivity index (χ1) is 11.8. The summed E-state index contributed by atoms with van der Waals surface area (Å²) in [6.45, 7) is 0. The Balaban J connectivity index is 1.85. The van der Waals surface area contributed by atoms with Gasteiger partial charge < -0.3 is 10.1 Å². The number of benzene rings is 2. The third-order valence-electron chi connectivity index (χ3n) is 3.78. The zero-order chi connectivity index (χ0) is 16.5. The normalized spacial score (nSPS) is 10.7. The van der Waals surface area contributed by atoms with E-state index in [9.17, 15) is 5.26 Å². The van der Waals surface area contributed by atoms with E-state index in [4.69, 9.17) is 4.74 Å². The summed E-state index contributed by atoms with van der Waals surface area (Å²) in [5.41, 5.74) is 4.26. The number of aromatic nitrogens is 4. The molecule has 0 amide bonds. The van der Waals surface area contributed by atoms with Gasteiger partial charge in [0.2, 0.25) is 0 Å². The van der Waals surface area contributed by atoms with Crippen molar-refractivity contribution in [2.75, 3.05) is 12.4 Å². The highest BCUT2D eigenvalue weighted by atomic mass is 16.5. The quantitative estimate of drug-likeness (QED) is 0.602. The largest absolute Gasteiger partial charge is 0.497 e. The second-order valence-electron chi connectivity index (χ2n) is 5.19. The number of ether oxygens (including phenoxy) is 1. The maximum absolute atomic E-state index is 9.41.